The second kappa shape index (κ2) is 8.90. The maximum atomic E-state index is 13.2. The van der Waals surface area contributed by atoms with Gasteiger partial charge in [0.15, 0.2) is 23.0 Å². The molecule has 2 atom stereocenters. The van der Waals surface area contributed by atoms with Gasteiger partial charge < -0.3 is 33.7 Å². The third-order valence-electron chi connectivity index (χ3n) is 6.33. The van der Waals surface area contributed by atoms with Crippen molar-refractivity contribution in [3.05, 3.63) is 53.1 Å². The number of likely N-dealkylation sites (tertiary alicyclic amines) is 1. The Morgan fingerprint density at radius 1 is 1.06 bits per heavy atom. The lowest BCUT2D eigenvalue weighted by atomic mass is 9.94. The maximum Gasteiger partial charge on any atom is 0.295 e. The monoisotopic (exact) mass is 467 g/mol. The van der Waals surface area contributed by atoms with Gasteiger partial charge in [-0.25, -0.2) is 0 Å². The standard InChI is InChI=1S/C25H25NO8/c1-30-17-7-6-15(11-19(17)31-2)23(27)21-22(14-5-8-18-20(10-14)34-13-33-18)26(25(29)24(21)28)12-16-4-3-9-32-16/h5-8,10-11,16,22,27H,3-4,9,12-13H2,1-2H3/t16-,22+/m1/s1. The molecule has 5 rings (SSSR count). The fraction of sp³-hybridized carbons (Fsp3) is 0.360. The van der Waals surface area contributed by atoms with Crippen molar-refractivity contribution in [3.8, 4) is 23.0 Å². The molecule has 9 nitrogen and oxygen atoms in total. The number of carbonyl (C=O) groups is 2. The van der Waals surface area contributed by atoms with Crippen LogP contribution in [0.25, 0.3) is 5.76 Å². The van der Waals surface area contributed by atoms with E-state index in [0.29, 0.717) is 40.7 Å². The molecule has 2 aromatic rings. The van der Waals surface area contributed by atoms with Gasteiger partial charge in [0.2, 0.25) is 6.79 Å². The molecule has 3 aliphatic heterocycles. The number of aliphatic hydroxyl groups is 1. The predicted octanol–water partition coefficient (Wildman–Crippen LogP) is 3.03. The smallest absolute Gasteiger partial charge is 0.295 e. The SMILES string of the molecule is COc1ccc(C(O)=C2C(=O)C(=O)N(C[C@H]3CCCO3)[C@H]2c2ccc3c(c2)OCO3)cc1OC. The summed E-state index contributed by atoms with van der Waals surface area (Å²) in [6.45, 7) is 0.960. The molecule has 2 aromatic carbocycles. The summed E-state index contributed by atoms with van der Waals surface area (Å²) in [5, 5.41) is 11.3. The van der Waals surface area contributed by atoms with Gasteiger partial charge in [0, 0.05) is 18.7 Å². The Labute approximate surface area is 196 Å². The predicted molar refractivity (Wildman–Crippen MR) is 120 cm³/mol. The van der Waals surface area contributed by atoms with Crippen molar-refractivity contribution < 1.29 is 38.4 Å². The molecule has 0 aliphatic carbocycles. The van der Waals surface area contributed by atoms with Gasteiger partial charge >= 0.3 is 0 Å². The molecule has 2 fully saturated rings. The minimum Gasteiger partial charge on any atom is -0.507 e. The zero-order chi connectivity index (χ0) is 23.8. The fourth-order valence-electron chi connectivity index (χ4n) is 4.64. The fourth-order valence-corrected chi connectivity index (χ4v) is 4.64. The third kappa shape index (κ3) is 3.71. The number of ether oxygens (including phenoxy) is 5. The molecule has 1 N–H and O–H groups in total. The largest absolute Gasteiger partial charge is 0.507 e. The molecular formula is C25H25NO8. The first-order valence-corrected chi connectivity index (χ1v) is 11.0. The third-order valence-corrected chi connectivity index (χ3v) is 6.33. The number of carbonyl (C=O) groups excluding carboxylic acids is 2. The van der Waals surface area contributed by atoms with Gasteiger partial charge in [-0.1, -0.05) is 6.07 Å². The van der Waals surface area contributed by atoms with Gasteiger partial charge in [-0.3, -0.25) is 9.59 Å². The summed E-state index contributed by atoms with van der Waals surface area (Å²) in [5.41, 5.74) is 0.955. The summed E-state index contributed by atoms with van der Waals surface area (Å²) >= 11 is 0. The van der Waals surface area contributed by atoms with E-state index in [9.17, 15) is 14.7 Å². The average Bonchev–Trinajstić information content (AvgIpc) is 3.60. The highest BCUT2D eigenvalue weighted by atomic mass is 16.7. The molecule has 178 valence electrons. The maximum absolute atomic E-state index is 13.2. The van der Waals surface area contributed by atoms with E-state index in [0.717, 1.165) is 12.8 Å². The van der Waals surface area contributed by atoms with Gasteiger partial charge in [-0.15, -0.1) is 0 Å². The Morgan fingerprint density at radius 2 is 1.85 bits per heavy atom. The number of hydrogen-bond donors (Lipinski definition) is 1. The number of hydrogen-bond acceptors (Lipinski definition) is 8. The van der Waals surface area contributed by atoms with Gasteiger partial charge in [0.1, 0.15) is 5.76 Å². The molecule has 0 spiro atoms. The zero-order valence-corrected chi connectivity index (χ0v) is 18.9. The van der Waals surface area contributed by atoms with Crippen LogP contribution in [0.4, 0.5) is 0 Å². The molecule has 0 aromatic heterocycles. The van der Waals surface area contributed by atoms with Crippen LogP contribution in [-0.2, 0) is 14.3 Å². The van der Waals surface area contributed by atoms with Crippen molar-refractivity contribution >= 4 is 17.4 Å². The number of benzene rings is 2. The minimum absolute atomic E-state index is 0.00548. The van der Waals surface area contributed by atoms with Crippen molar-refractivity contribution in [1.29, 1.82) is 0 Å². The molecule has 1 amide bonds. The number of ketones is 1. The number of Topliss-reactive ketones (excluding diaryl/α,β-unsaturated/α-hetero) is 1. The van der Waals surface area contributed by atoms with E-state index >= 15 is 0 Å². The van der Waals surface area contributed by atoms with E-state index in [1.165, 1.54) is 19.1 Å². The molecule has 34 heavy (non-hydrogen) atoms. The van der Waals surface area contributed by atoms with Crippen molar-refractivity contribution in [2.75, 3.05) is 34.2 Å². The van der Waals surface area contributed by atoms with Crippen LogP contribution in [0.3, 0.4) is 0 Å². The lowest BCUT2D eigenvalue weighted by Crippen LogP contribution is -2.36. The summed E-state index contributed by atoms with van der Waals surface area (Å²) < 4.78 is 27.3. The molecule has 3 aliphatic rings. The highest BCUT2D eigenvalue weighted by Crippen LogP contribution is 2.44. The summed E-state index contributed by atoms with van der Waals surface area (Å²) in [6, 6.07) is 9.25. The van der Waals surface area contributed by atoms with E-state index in [4.69, 9.17) is 23.7 Å². The van der Waals surface area contributed by atoms with Crippen LogP contribution in [0.5, 0.6) is 23.0 Å². The first-order chi connectivity index (χ1) is 16.5. The number of methoxy groups -OCH3 is 2. The summed E-state index contributed by atoms with van der Waals surface area (Å²) in [6.07, 6.45) is 1.53. The topological polar surface area (TPSA) is 104 Å². The van der Waals surface area contributed by atoms with Gasteiger partial charge in [-0.2, -0.15) is 0 Å². The molecule has 9 heteroatoms. The van der Waals surface area contributed by atoms with Crippen LogP contribution in [0.2, 0.25) is 0 Å². The molecular weight excluding hydrogens is 442 g/mol. The molecule has 0 unspecified atom stereocenters. The Kier molecular flexibility index (Phi) is 5.79. The lowest BCUT2D eigenvalue weighted by molar-refractivity contribution is -0.140. The van der Waals surface area contributed by atoms with Gasteiger partial charge in [-0.05, 0) is 48.7 Å². The normalized spacial score (nSPS) is 22.9. The molecule has 0 bridgehead atoms. The van der Waals surface area contributed by atoms with E-state index in [-0.39, 0.29) is 30.8 Å². The number of nitrogens with zero attached hydrogens (tertiary/aromatic N) is 1. The second-order valence-electron chi connectivity index (χ2n) is 8.27. The van der Waals surface area contributed by atoms with Crippen LogP contribution in [0, 0.1) is 0 Å². The number of aliphatic hydroxyl groups excluding tert-OH is 1. The molecule has 0 saturated carbocycles. The van der Waals surface area contributed by atoms with Crippen molar-refractivity contribution in [3.63, 3.8) is 0 Å². The Bertz CT molecular complexity index is 1170. The van der Waals surface area contributed by atoms with Gasteiger partial charge in [0.05, 0.1) is 31.9 Å². The highest BCUT2D eigenvalue weighted by Gasteiger charge is 2.47. The minimum atomic E-state index is -0.813. The highest BCUT2D eigenvalue weighted by molar-refractivity contribution is 6.46. The Hall–Kier alpha value is -3.72. The summed E-state index contributed by atoms with van der Waals surface area (Å²) in [4.78, 5) is 27.9. The van der Waals surface area contributed by atoms with Crippen LogP contribution in [0.15, 0.2) is 42.0 Å². The van der Waals surface area contributed by atoms with Crippen molar-refractivity contribution in [2.24, 2.45) is 0 Å². The van der Waals surface area contributed by atoms with Crippen molar-refractivity contribution in [2.45, 2.75) is 25.0 Å². The summed E-state index contributed by atoms with van der Waals surface area (Å²) in [7, 11) is 2.99. The van der Waals surface area contributed by atoms with E-state index in [2.05, 4.69) is 0 Å². The first-order valence-electron chi connectivity index (χ1n) is 11.0. The van der Waals surface area contributed by atoms with E-state index < -0.39 is 17.7 Å². The first kappa shape index (κ1) is 22.1. The lowest BCUT2D eigenvalue weighted by Gasteiger charge is -2.27. The molecule has 0 radical (unpaired) electrons. The van der Waals surface area contributed by atoms with Crippen LogP contribution >= 0.6 is 0 Å². The Morgan fingerprint density at radius 3 is 2.59 bits per heavy atom. The summed E-state index contributed by atoms with van der Waals surface area (Å²) in [5.74, 6) is 0.237. The molecule has 2 saturated heterocycles. The second-order valence-corrected chi connectivity index (χ2v) is 8.27. The van der Waals surface area contributed by atoms with E-state index in [1.807, 2.05) is 0 Å². The van der Waals surface area contributed by atoms with Crippen molar-refractivity contribution in [1.82, 2.24) is 4.90 Å². The quantitative estimate of drug-likeness (QED) is 0.393. The van der Waals surface area contributed by atoms with Crippen LogP contribution in [-0.4, -0.2) is 62.0 Å². The number of rotatable bonds is 6. The number of amides is 1. The average molecular weight is 467 g/mol. The van der Waals surface area contributed by atoms with Crippen LogP contribution < -0.4 is 18.9 Å². The van der Waals surface area contributed by atoms with Crippen LogP contribution in [0.1, 0.15) is 30.0 Å². The molecule has 3 heterocycles. The zero-order valence-electron chi connectivity index (χ0n) is 18.9. The number of fused-ring (bicyclic) bond motifs is 1. The Balaban J connectivity index is 1.63. The van der Waals surface area contributed by atoms with Gasteiger partial charge in [0.25, 0.3) is 11.7 Å². The van der Waals surface area contributed by atoms with E-state index in [1.54, 1.807) is 36.4 Å².